The number of nitrogens with one attached hydrogen (secondary N) is 1. The summed E-state index contributed by atoms with van der Waals surface area (Å²) in [7, 11) is 1.85. The Labute approximate surface area is 132 Å². The predicted octanol–water partition coefficient (Wildman–Crippen LogP) is 1.25. The summed E-state index contributed by atoms with van der Waals surface area (Å²) in [5.41, 5.74) is 11.5. The van der Waals surface area contributed by atoms with Gasteiger partial charge >= 0.3 is 5.97 Å². The lowest BCUT2D eigenvalue weighted by molar-refractivity contribution is 0.0494. The zero-order valence-corrected chi connectivity index (χ0v) is 12.7. The first kappa shape index (κ1) is 14.9. The van der Waals surface area contributed by atoms with E-state index in [-0.39, 0.29) is 23.6 Å². The van der Waals surface area contributed by atoms with Gasteiger partial charge in [0.05, 0.1) is 17.9 Å². The Morgan fingerprint density at radius 2 is 2.43 bits per heavy atom. The van der Waals surface area contributed by atoms with E-state index in [2.05, 4.69) is 16.5 Å². The number of nitrogens with two attached hydrogens (primary N) is 1. The number of hydrazine groups is 1. The Bertz CT molecular complexity index is 862. The van der Waals surface area contributed by atoms with E-state index < -0.39 is 5.97 Å². The third kappa shape index (κ3) is 2.47. The Hall–Kier alpha value is -3.05. The highest BCUT2D eigenvalue weighted by Gasteiger charge is 2.24. The van der Waals surface area contributed by atoms with Crippen molar-refractivity contribution in [2.24, 2.45) is 0 Å². The molecule has 0 aromatic carbocycles. The first-order valence-corrected chi connectivity index (χ1v) is 7.02. The van der Waals surface area contributed by atoms with Gasteiger partial charge in [0.25, 0.3) is 0 Å². The number of aromatic nitrogens is 1. The van der Waals surface area contributed by atoms with Gasteiger partial charge in [-0.05, 0) is 6.92 Å². The summed E-state index contributed by atoms with van der Waals surface area (Å²) in [6.45, 7) is 2.45. The molecule has 0 spiro atoms. The van der Waals surface area contributed by atoms with Gasteiger partial charge in [-0.25, -0.2) is 15.2 Å². The average Bonchev–Trinajstić information content (AvgIpc) is 3.10. The minimum atomic E-state index is -0.649. The lowest BCUT2D eigenvalue weighted by Crippen LogP contribution is -2.23. The normalized spacial score (nSPS) is 14.0. The minimum absolute atomic E-state index is 0.0916. The van der Waals surface area contributed by atoms with Crippen LogP contribution in [0.15, 0.2) is 16.7 Å². The molecular weight excluding hydrogens is 298 g/mol. The van der Waals surface area contributed by atoms with Crippen molar-refractivity contribution in [3.05, 3.63) is 29.3 Å². The van der Waals surface area contributed by atoms with Crippen LogP contribution in [0.2, 0.25) is 0 Å². The van der Waals surface area contributed by atoms with E-state index in [0.717, 1.165) is 5.57 Å². The fourth-order valence-electron chi connectivity index (χ4n) is 2.40. The van der Waals surface area contributed by atoms with E-state index in [1.54, 1.807) is 11.9 Å². The molecule has 0 fully saturated rings. The topological polar surface area (TPSA) is 117 Å². The van der Waals surface area contributed by atoms with Crippen LogP contribution in [-0.2, 0) is 4.74 Å². The van der Waals surface area contributed by atoms with E-state index >= 15 is 0 Å². The molecule has 3 heterocycles. The van der Waals surface area contributed by atoms with Gasteiger partial charge in [-0.2, -0.15) is 5.26 Å². The van der Waals surface area contributed by atoms with Crippen molar-refractivity contribution in [1.29, 1.82) is 5.26 Å². The molecular formula is C15H15N5O3. The molecule has 0 aliphatic carbocycles. The van der Waals surface area contributed by atoms with E-state index in [0.29, 0.717) is 23.3 Å². The molecule has 8 nitrogen and oxygen atoms in total. The lowest BCUT2D eigenvalue weighted by Gasteiger charge is -2.04. The second-order valence-electron chi connectivity index (χ2n) is 5.01. The molecule has 0 unspecified atom stereocenters. The van der Waals surface area contributed by atoms with Gasteiger partial charge in [-0.3, -0.25) is 0 Å². The number of rotatable bonds is 3. The zero-order valence-electron chi connectivity index (χ0n) is 12.7. The number of anilines is 1. The number of ether oxygens (including phenoxy) is 1. The maximum Gasteiger partial charge on any atom is 0.376 e. The van der Waals surface area contributed by atoms with Crippen LogP contribution in [0, 0.1) is 11.3 Å². The summed E-state index contributed by atoms with van der Waals surface area (Å²) in [6.07, 6.45) is 1.84. The van der Waals surface area contributed by atoms with E-state index in [1.165, 1.54) is 6.07 Å². The summed E-state index contributed by atoms with van der Waals surface area (Å²) in [5, 5.41) is 11.1. The Morgan fingerprint density at radius 3 is 3.04 bits per heavy atom. The van der Waals surface area contributed by atoms with Gasteiger partial charge in [0, 0.05) is 31.4 Å². The molecule has 2 aromatic heterocycles. The first-order chi connectivity index (χ1) is 11.0. The molecule has 0 radical (unpaired) electrons. The number of nitriles is 1. The average molecular weight is 313 g/mol. The Kier molecular flexibility index (Phi) is 3.64. The summed E-state index contributed by atoms with van der Waals surface area (Å²) in [5.74, 6) is -0.740. The van der Waals surface area contributed by atoms with Gasteiger partial charge in [-0.15, -0.1) is 0 Å². The number of nitrogens with zero attached hydrogens (tertiary/aromatic N) is 3. The third-order valence-electron chi connectivity index (χ3n) is 3.45. The van der Waals surface area contributed by atoms with Crippen molar-refractivity contribution in [2.75, 3.05) is 25.9 Å². The number of esters is 1. The molecule has 2 aromatic rings. The Morgan fingerprint density at radius 1 is 1.65 bits per heavy atom. The number of nitrogen functional groups attached to an aromatic ring is 1. The van der Waals surface area contributed by atoms with Crippen molar-refractivity contribution >= 4 is 28.3 Å². The van der Waals surface area contributed by atoms with Crippen LogP contribution in [0.5, 0.6) is 0 Å². The van der Waals surface area contributed by atoms with Crippen LogP contribution in [0.4, 0.5) is 5.69 Å². The van der Waals surface area contributed by atoms with E-state index in [9.17, 15) is 10.1 Å². The molecule has 1 aliphatic heterocycles. The molecule has 3 rings (SSSR count). The highest BCUT2D eigenvalue weighted by atomic mass is 16.5. The van der Waals surface area contributed by atoms with Gasteiger partial charge in [0.1, 0.15) is 17.3 Å². The number of fused-ring (bicyclic) bond motifs is 1. The molecule has 0 saturated heterocycles. The van der Waals surface area contributed by atoms with Gasteiger partial charge in [0.2, 0.25) is 5.76 Å². The minimum Gasteiger partial charge on any atom is -0.460 e. The largest absolute Gasteiger partial charge is 0.460 e. The van der Waals surface area contributed by atoms with Crippen molar-refractivity contribution in [3.8, 4) is 6.07 Å². The second kappa shape index (κ2) is 5.62. The molecule has 118 valence electrons. The summed E-state index contributed by atoms with van der Waals surface area (Å²) in [6, 6.07) is 3.63. The monoisotopic (exact) mass is 313 g/mol. The van der Waals surface area contributed by atoms with Crippen LogP contribution in [0.25, 0.3) is 16.7 Å². The maximum atomic E-state index is 11.9. The number of hydrogen-bond donors (Lipinski definition) is 2. The van der Waals surface area contributed by atoms with Crippen molar-refractivity contribution < 1.29 is 13.9 Å². The molecule has 8 heteroatoms. The van der Waals surface area contributed by atoms with E-state index in [4.69, 9.17) is 14.9 Å². The van der Waals surface area contributed by atoms with Crippen molar-refractivity contribution in [3.63, 3.8) is 0 Å². The highest BCUT2D eigenvalue weighted by molar-refractivity contribution is 6.02. The van der Waals surface area contributed by atoms with Gasteiger partial charge in [-0.1, -0.05) is 0 Å². The van der Waals surface area contributed by atoms with Gasteiger partial charge in [0.15, 0.2) is 5.58 Å². The number of hydrogen-bond acceptors (Lipinski definition) is 8. The van der Waals surface area contributed by atoms with Crippen LogP contribution < -0.4 is 11.2 Å². The van der Waals surface area contributed by atoms with Crippen LogP contribution in [0.3, 0.4) is 0 Å². The maximum absolute atomic E-state index is 11.9. The second-order valence-corrected chi connectivity index (χ2v) is 5.01. The van der Waals surface area contributed by atoms with Crippen LogP contribution in [-0.4, -0.2) is 36.2 Å². The Balaban J connectivity index is 2.16. The highest BCUT2D eigenvalue weighted by Crippen LogP contribution is 2.31. The predicted molar refractivity (Wildman–Crippen MR) is 82.8 cm³/mol. The molecule has 23 heavy (non-hydrogen) atoms. The van der Waals surface area contributed by atoms with Crippen LogP contribution >= 0.6 is 0 Å². The molecule has 0 bridgehead atoms. The molecule has 0 saturated carbocycles. The first-order valence-electron chi connectivity index (χ1n) is 7.02. The zero-order chi connectivity index (χ0) is 16.6. The molecule has 0 amide bonds. The van der Waals surface area contributed by atoms with Crippen molar-refractivity contribution in [2.45, 2.75) is 6.92 Å². The fourth-order valence-corrected chi connectivity index (χ4v) is 2.40. The molecule has 3 N–H and O–H groups in total. The van der Waals surface area contributed by atoms with Crippen molar-refractivity contribution in [1.82, 2.24) is 15.4 Å². The van der Waals surface area contributed by atoms with Gasteiger partial charge < -0.3 is 19.9 Å². The quantitative estimate of drug-likeness (QED) is 0.813. The molecule has 0 atom stereocenters. The lowest BCUT2D eigenvalue weighted by atomic mass is 10.1. The van der Waals surface area contributed by atoms with E-state index in [1.807, 2.05) is 13.2 Å². The summed E-state index contributed by atoms with van der Waals surface area (Å²) in [4.78, 5) is 16.3. The fraction of sp³-hybridized carbons (Fsp3) is 0.267. The summed E-state index contributed by atoms with van der Waals surface area (Å²) < 4.78 is 10.3. The summed E-state index contributed by atoms with van der Waals surface area (Å²) >= 11 is 0. The number of carbonyl (C=O) groups is 1. The standard InChI is InChI=1S/C15H15N5O3/c1-3-22-15(21)14-11(17)13-10(23-14)4-8(5-16)12(19-13)9-6-18-20(2)7-9/h4,7,18H,3,6,17H2,1-2H3. The van der Waals surface area contributed by atoms with Crippen LogP contribution in [0.1, 0.15) is 28.7 Å². The number of pyridine rings is 1. The molecule has 1 aliphatic rings. The SMILES string of the molecule is CCOC(=O)c1oc2cc(C#N)c(C3=CN(C)NC3)nc2c1N. The smallest absolute Gasteiger partial charge is 0.376 e. The number of carbonyl (C=O) groups excluding carboxylic acids is 1. The third-order valence-corrected chi connectivity index (χ3v) is 3.45. The number of furan rings is 1.